The first-order valence-corrected chi connectivity index (χ1v) is 7.56. The lowest BCUT2D eigenvalue weighted by molar-refractivity contribution is -0.117. The van der Waals surface area contributed by atoms with E-state index in [1.165, 1.54) is 0 Å². The van der Waals surface area contributed by atoms with Gasteiger partial charge in [-0.3, -0.25) is 4.79 Å². The third-order valence-corrected chi connectivity index (χ3v) is 4.24. The van der Waals surface area contributed by atoms with Gasteiger partial charge in [0.25, 0.3) is 0 Å². The summed E-state index contributed by atoms with van der Waals surface area (Å²) in [6.07, 6.45) is 2.62. The average Bonchev–Trinajstić information content (AvgIpc) is 3.23. The van der Waals surface area contributed by atoms with Crippen molar-refractivity contribution in [3.05, 3.63) is 47.7 Å². The maximum Gasteiger partial charge on any atom is 0.243 e. The highest BCUT2D eigenvalue weighted by atomic mass is 16.5. The lowest BCUT2D eigenvalue weighted by Gasteiger charge is -2.13. The molecule has 4 heteroatoms. The van der Waals surface area contributed by atoms with Crippen molar-refractivity contribution in [1.29, 1.82) is 0 Å². The third kappa shape index (κ3) is 2.96. The summed E-state index contributed by atoms with van der Waals surface area (Å²) in [5, 5.41) is 2.93. The Bertz CT molecular complexity index is 712. The highest BCUT2D eigenvalue weighted by Crippen LogP contribution is 2.39. The number of aromatic nitrogens is 1. The Hall–Kier alpha value is -2.36. The summed E-state index contributed by atoms with van der Waals surface area (Å²) in [7, 11) is 0. The first kappa shape index (κ1) is 14.6. The summed E-state index contributed by atoms with van der Waals surface area (Å²) < 4.78 is 5.92. The number of nitrogens with zero attached hydrogens (tertiary/aromatic N) is 1. The van der Waals surface area contributed by atoms with Gasteiger partial charge in [-0.2, -0.15) is 0 Å². The lowest BCUT2D eigenvalue weighted by atomic mass is 10.1. The molecular formula is C18H20N2O2. The van der Waals surface area contributed by atoms with Gasteiger partial charge in [-0.1, -0.05) is 19.1 Å². The molecule has 0 unspecified atom stereocenters. The maximum absolute atomic E-state index is 12.1. The van der Waals surface area contributed by atoms with E-state index in [-0.39, 0.29) is 11.8 Å². The van der Waals surface area contributed by atoms with Gasteiger partial charge in [0, 0.05) is 12.1 Å². The number of pyridine rings is 1. The first-order valence-electron chi connectivity index (χ1n) is 7.56. The number of benzene rings is 1. The Balaban J connectivity index is 1.82. The van der Waals surface area contributed by atoms with E-state index in [0.29, 0.717) is 17.5 Å². The van der Waals surface area contributed by atoms with Gasteiger partial charge in [-0.05, 0) is 55.5 Å². The van der Waals surface area contributed by atoms with Crippen LogP contribution in [0, 0.1) is 25.7 Å². The van der Waals surface area contributed by atoms with E-state index in [2.05, 4.69) is 17.2 Å². The molecule has 0 radical (unpaired) electrons. The third-order valence-electron chi connectivity index (χ3n) is 4.24. The van der Waals surface area contributed by atoms with Gasteiger partial charge < -0.3 is 10.1 Å². The van der Waals surface area contributed by atoms with Gasteiger partial charge in [0.2, 0.25) is 11.8 Å². The van der Waals surface area contributed by atoms with Gasteiger partial charge in [-0.25, -0.2) is 4.98 Å². The SMILES string of the molecule is Cc1cccc(Oc2ncccc2NC(=O)[C@H]2C[C@@H]2C)c1C. The Morgan fingerprint density at radius 2 is 2.05 bits per heavy atom. The Labute approximate surface area is 130 Å². The highest BCUT2D eigenvalue weighted by molar-refractivity contribution is 5.95. The van der Waals surface area contributed by atoms with Crippen molar-refractivity contribution in [3.8, 4) is 11.6 Å². The van der Waals surface area contributed by atoms with E-state index in [1.807, 2.05) is 38.1 Å². The minimum atomic E-state index is 0.0475. The van der Waals surface area contributed by atoms with Crippen LogP contribution in [0.3, 0.4) is 0 Å². The van der Waals surface area contributed by atoms with Crippen LogP contribution in [-0.4, -0.2) is 10.9 Å². The Morgan fingerprint density at radius 3 is 2.77 bits per heavy atom. The summed E-state index contributed by atoms with van der Waals surface area (Å²) in [6.45, 7) is 6.14. The van der Waals surface area contributed by atoms with Crippen molar-refractivity contribution in [1.82, 2.24) is 4.98 Å². The standard InChI is InChI=1S/C18H20N2O2/c1-11-6-4-8-16(13(11)3)22-18-15(7-5-9-19-18)20-17(21)14-10-12(14)2/h4-9,12,14H,10H2,1-3H3,(H,20,21)/t12-,14-/m0/s1. The number of anilines is 1. The average molecular weight is 296 g/mol. The predicted molar refractivity (Wildman–Crippen MR) is 86.1 cm³/mol. The molecule has 3 rings (SSSR count). The van der Waals surface area contributed by atoms with Crippen molar-refractivity contribution in [2.75, 3.05) is 5.32 Å². The second-order valence-corrected chi connectivity index (χ2v) is 5.96. The molecule has 0 spiro atoms. The topological polar surface area (TPSA) is 51.2 Å². The fourth-order valence-electron chi connectivity index (χ4n) is 2.42. The van der Waals surface area contributed by atoms with Gasteiger partial charge in [-0.15, -0.1) is 0 Å². The number of amides is 1. The van der Waals surface area contributed by atoms with Crippen LogP contribution in [0.4, 0.5) is 5.69 Å². The number of ether oxygens (including phenoxy) is 1. The van der Waals surface area contributed by atoms with E-state index in [4.69, 9.17) is 4.74 Å². The number of carbonyl (C=O) groups excluding carboxylic acids is 1. The van der Waals surface area contributed by atoms with Crippen LogP contribution in [0.25, 0.3) is 0 Å². The van der Waals surface area contributed by atoms with Crippen LogP contribution in [0.5, 0.6) is 11.6 Å². The van der Waals surface area contributed by atoms with Crippen LogP contribution in [0.2, 0.25) is 0 Å². The van der Waals surface area contributed by atoms with E-state index >= 15 is 0 Å². The Morgan fingerprint density at radius 1 is 1.27 bits per heavy atom. The molecule has 1 aromatic carbocycles. The number of nitrogens with one attached hydrogen (secondary N) is 1. The molecule has 0 aliphatic heterocycles. The Kier molecular flexibility index (Phi) is 3.84. The minimum absolute atomic E-state index is 0.0475. The van der Waals surface area contributed by atoms with Crippen molar-refractivity contribution in [2.45, 2.75) is 27.2 Å². The van der Waals surface area contributed by atoms with Crippen LogP contribution in [0.15, 0.2) is 36.5 Å². The van der Waals surface area contributed by atoms with E-state index in [1.54, 1.807) is 12.3 Å². The monoisotopic (exact) mass is 296 g/mol. The zero-order valence-corrected chi connectivity index (χ0v) is 13.1. The van der Waals surface area contributed by atoms with Crippen LogP contribution in [0.1, 0.15) is 24.5 Å². The zero-order chi connectivity index (χ0) is 15.7. The fraction of sp³-hybridized carbons (Fsp3) is 0.333. The second kappa shape index (κ2) is 5.79. The molecule has 1 aromatic heterocycles. The maximum atomic E-state index is 12.1. The number of hydrogen-bond donors (Lipinski definition) is 1. The molecule has 0 saturated heterocycles. The predicted octanol–water partition coefficient (Wildman–Crippen LogP) is 4.09. The highest BCUT2D eigenvalue weighted by Gasteiger charge is 2.39. The lowest BCUT2D eigenvalue weighted by Crippen LogP contribution is -2.15. The normalized spacial score (nSPS) is 19.6. The molecule has 1 amide bonds. The number of hydrogen-bond acceptors (Lipinski definition) is 3. The summed E-state index contributed by atoms with van der Waals surface area (Å²) in [6, 6.07) is 9.51. The second-order valence-electron chi connectivity index (χ2n) is 5.96. The summed E-state index contributed by atoms with van der Waals surface area (Å²) >= 11 is 0. The molecule has 22 heavy (non-hydrogen) atoms. The molecule has 1 heterocycles. The number of aryl methyl sites for hydroxylation is 1. The van der Waals surface area contributed by atoms with E-state index in [9.17, 15) is 4.79 Å². The zero-order valence-electron chi connectivity index (χ0n) is 13.1. The number of rotatable bonds is 4. The van der Waals surface area contributed by atoms with E-state index < -0.39 is 0 Å². The summed E-state index contributed by atoms with van der Waals surface area (Å²) in [5.74, 6) is 1.83. The summed E-state index contributed by atoms with van der Waals surface area (Å²) in [5.41, 5.74) is 2.85. The van der Waals surface area contributed by atoms with Crippen molar-refractivity contribution in [2.24, 2.45) is 11.8 Å². The molecule has 0 bridgehead atoms. The minimum Gasteiger partial charge on any atom is -0.437 e. The molecule has 1 aliphatic carbocycles. The van der Waals surface area contributed by atoms with Crippen LogP contribution in [-0.2, 0) is 4.79 Å². The molecule has 2 atom stereocenters. The molecule has 4 nitrogen and oxygen atoms in total. The quantitative estimate of drug-likeness (QED) is 0.924. The summed E-state index contributed by atoms with van der Waals surface area (Å²) in [4.78, 5) is 16.4. The van der Waals surface area contributed by atoms with Crippen LogP contribution >= 0.6 is 0 Å². The van der Waals surface area contributed by atoms with Gasteiger partial charge in [0.05, 0.1) is 0 Å². The van der Waals surface area contributed by atoms with Crippen molar-refractivity contribution >= 4 is 11.6 Å². The van der Waals surface area contributed by atoms with E-state index in [0.717, 1.165) is 23.3 Å². The van der Waals surface area contributed by atoms with Crippen molar-refractivity contribution < 1.29 is 9.53 Å². The largest absolute Gasteiger partial charge is 0.437 e. The number of carbonyl (C=O) groups is 1. The van der Waals surface area contributed by atoms with Crippen molar-refractivity contribution in [3.63, 3.8) is 0 Å². The first-order chi connectivity index (χ1) is 10.6. The molecule has 1 aliphatic rings. The molecule has 1 fully saturated rings. The molecule has 1 N–H and O–H groups in total. The van der Waals surface area contributed by atoms with Gasteiger partial charge in [0.15, 0.2) is 0 Å². The molecular weight excluding hydrogens is 276 g/mol. The van der Waals surface area contributed by atoms with Crippen LogP contribution < -0.4 is 10.1 Å². The molecule has 1 saturated carbocycles. The van der Waals surface area contributed by atoms with Gasteiger partial charge >= 0.3 is 0 Å². The fourth-order valence-corrected chi connectivity index (χ4v) is 2.42. The molecule has 114 valence electrons. The smallest absolute Gasteiger partial charge is 0.243 e. The van der Waals surface area contributed by atoms with Gasteiger partial charge in [0.1, 0.15) is 11.4 Å². The molecule has 2 aromatic rings.